The predicted molar refractivity (Wildman–Crippen MR) is 97.2 cm³/mol. The molecule has 6 nitrogen and oxygen atoms in total. The molecule has 2 N–H and O–H groups in total. The first-order valence-corrected chi connectivity index (χ1v) is 10.9. The van der Waals surface area contributed by atoms with Gasteiger partial charge in [0.05, 0.1) is 27.7 Å². The van der Waals surface area contributed by atoms with Gasteiger partial charge in [0.2, 0.25) is 10.0 Å². The van der Waals surface area contributed by atoms with Gasteiger partial charge < -0.3 is 10.1 Å². The fourth-order valence-corrected chi connectivity index (χ4v) is 5.98. The quantitative estimate of drug-likeness (QED) is 0.761. The Morgan fingerprint density at radius 1 is 1.46 bits per heavy atom. The highest BCUT2D eigenvalue weighted by molar-refractivity contribution is 7.91. The van der Waals surface area contributed by atoms with Crippen LogP contribution in [0.3, 0.4) is 0 Å². The number of nitrogens with one attached hydrogen (secondary N) is 2. The first-order valence-electron chi connectivity index (χ1n) is 7.70. The molecule has 1 atom stereocenters. The number of rotatable bonds is 7. The van der Waals surface area contributed by atoms with Crippen LogP contribution in [0.4, 0.5) is 0 Å². The van der Waals surface area contributed by atoms with Crippen molar-refractivity contribution < 1.29 is 13.2 Å². The van der Waals surface area contributed by atoms with Crippen molar-refractivity contribution in [2.24, 2.45) is 0 Å². The number of sulfonamides is 1. The lowest BCUT2D eigenvalue weighted by atomic mass is 9.99. The second-order valence-electron chi connectivity index (χ2n) is 5.94. The molecule has 1 saturated heterocycles. The van der Waals surface area contributed by atoms with Crippen molar-refractivity contribution in [1.29, 1.82) is 0 Å². The minimum atomic E-state index is -3.54. The molecule has 1 aliphatic rings. The molecule has 2 aromatic rings. The molecular weight excluding hydrogens is 366 g/mol. The highest BCUT2D eigenvalue weighted by Crippen LogP contribution is 2.31. The average Bonchev–Trinajstić information content (AvgIpc) is 3.26. The van der Waals surface area contributed by atoms with E-state index in [4.69, 9.17) is 4.74 Å². The molecule has 0 saturated carbocycles. The number of thiazole rings is 1. The average molecular weight is 388 g/mol. The summed E-state index contributed by atoms with van der Waals surface area (Å²) in [4.78, 5) is 5.27. The molecule has 3 heterocycles. The molecule has 24 heavy (non-hydrogen) atoms. The highest BCUT2D eigenvalue weighted by Gasteiger charge is 2.35. The van der Waals surface area contributed by atoms with E-state index >= 15 is 0 Å². The largest absolute Gasteiger partial charge is 0.383 e. The Balaban J connectivity index is 1.72. The molecule has 0 aromatic carbocycles. The van der Waals surface area contributed by atoms with Gasteiger partial charge in [0.15, 0.2) is 0 Å². The summed E-state index contributed by atoms with van der Waals surface area (Å²) in [5.74, 6) is 0. The fourth-order valence-electron chi connectivity index (χ4n) is 2.85. The molecule has 1 fully saturated rings. The van der Waals surface area contributed by atoms with Gasteiger partial charge in [0, 0.05) is 19.0 Å². The Bertz CT molecular complexity index is 792. The molecule has 3 rings (SSSR count). The van der Waals surface area contributed by atoms with Crippen LogP contribution in [0.25, 0.3) is 10.6 Å². The lowest BCUT2D eigenvalue weighted by molar-refractivity contribution is 0.122. The minimum Gasteiger partial charge on any atom is -0.383 e. The number of aromatic nitrogens is 1. The van der Waals surface area contributed by atoms with Gasteiger partial charge in [-0.25, -0.2) is 18.1 Å². The third kappa shape index (κ3) is 3.87. The standard InChI is InChI=1S/C15H21N3O3S3/c1-11-18-12(8-22-11)13-4-5-14(23-13)24(19,20)17-9-15(10-21-2)6-3-7-16-15/h4-5,8,16-17H,3,6-7,9-10H2,1-2H3. The summed E-state index contributed by atoms with van der Waals surface area (Å²) >= 11 is 2.80. The molecule has 0 radical (unpaired) electrons. The number of hydrogen-bond acceptors (Lipinski definition) is 7. The summed E-state index contributed by atoms with van der Waals surface area (Å²) in [7, 11) is -1.90. The van der Waals surface area contributed by atoms with E-state index < -0.39 is 10.0 Å². The zero-order valence-corrected chi connectivity index (χ0v) is 16.1. The fraction of sp³-hybridized carbons (Fsp3) is 0.533. The number of ether oxygens (including phenoxy) is 1. The van der Waals surface area contributed by atoms with Crippen molar-refractivity contribution >= 4 is 32.7 Å². The molecule has 1 unspecified atom stereocenters. The number of hydrogen-bond donors (Lipinski definition) is 2. The van der Waals surface area contributed by atoms with Crippen LogP contribution in [0, 0.1) is 6.92 Å². The zero-order valence-electron chi connectivity index (χ0n) is 13.7. The van der Waals surface area contributed by atoms with Crippen LogP contribution >= 0.6 is 22.7 Å². The van der Waals surface area contributed by atoms with E-state index in [0.29, 0.717) is 17.4 Å². The van der Waals surface area contributed by atoms with Crippen molar-refractivity contribution in [2.45, 2.75) is 29.5 Å². The van der Waals surface area contributed by atoms with E-state index in [2.05, 4.69) is 15.0 Å². The lowest BCUT2D eigenvalue weighted by Gasteiger charge is -2.28. The number of thiophene rings is 1. The summed E-state index contributed by atoms with van der Waals surface area (Å²) < 4.78 is 33.5. The smallest absolute Gasteiger partial charge is 0.250 e. The Morgan fingerprint density at radius 3 is 2.92 bits per heavy atom. The zero-order chi connectivity index (χ0) is 17.2. The van der Waals surface area contributed by atoms with Crippen molar-refractivity contribution in [2.75, 3.05) is 26.8 Å². The molecule has 0 amide bonds. The first kappa shape index (κ1) is 18.0. The van der Waals surface area contributed by atoms with Gasteiger partial charge in [-0.1, -0.05) is 0 Å². The van der Waals surface area contributed by atoms with E-state index in [0.717, 1.165) is 35.0 Å². The van der Waals surface area contributed by atoms with Crippen LogP contribution in [-0.4, -0.2) is 45.7 Å². The van der Waals surface area contributed by atoms with Gasteiger partial charge in [0.1, 0.15) is 4.21 Å². The maximum absolute atomic E-state index is 12.6. The van der Waals surface area contributed by atoms with Gasteiger partial charge in [0.25, 0.3) is 0 Å². The van der Waals surface area contributed by atoms with E-state index in [1.165, 1.54) is 11.3 Å². The van der Waals surface area contributed by atoms with Crippen LogP contribution in [0.15, 0.2) is 21.7 Å². The van der Waals surface area contributed by atoms with E-state index in [-0.39, 0.29) is 5.54 Å². The Kier molecular flexibility index (Phi) is 5.38. The molecule has 9 heteroatoms. The first-order chi connectivity index (χ1) is 11.4. The normalized spacial score (nSPS) is 21.4. The Labute approximate surface area is 150 Å². The van der Waals surface area contributed by atoms with Crippen LogP contribution in [-0.2, 0) is 14.8 Å². The third-order valence-electron chi connectivity index (χ3n) is 4.07. The van der Waals surface area contributed by atoms with E-state index in [1.54, 1.807) is 24.5 Å². The van der Waals surface area contributed by atoms with Crippen molar-refractivity contribution in [3.63, 3.8) is 0 Å². The summed E-state index contributed by atoms with van der Waals surface area (Å²) in [5, 5.41) is 6.28. The highest BCUT2D eigenvalue weighted by atomic mass is 32.2. The second-order valence-corrected chi connectivity index (χ2v) is 10.1. The summed E-state index contributed by atoms with van der Waals surface area (Å²) in [6, 6.07) is 3.45. The number of nitrogens with zero attached hydrogens (tertiary/aromatic N) is 1. The maximum Gasteiger partial charge on any atom is 0.250 e. The van der Waals surface area contributed by atoms with Crippen LogP contribution in [0.5, 0.6) is 0 Å². The van der Waals surface area contributed by atoms with E-state index in [1.807, 2.05) is 18.4 Å². The summed E-state index contributed by atoms with van der Waals surface area (Å²) in [6.07, 6.45) is 1.93. The molecular formula is C15H21N3O3S3. The van der Waals surface area contributed by atoms with Crippen LogP contribution in [0.1, 0.15) is 17.8 Å². The van der Waals surface area contributed by atoms with E-state index in [9.17, 15) is 8.42 Å². The van der Waals surface area contributed by atoms with Crippen molar-refractivity contribution in [3.8, 4) is 10.6 Å². The third-order valence-corrected chi connectivity index (χ3v) is 7.85. The minimum absolute atomic E-state index is 0.312. The Hall–Kier alpha value is -0.840. The molecule has 1 aliphatic heterocycles. The second kappa shape index (κ2) is 7.19. The van der Waals surface area contributed by atoms with Gasteiger partial charge >= 0.3 is 0 Å². The Morgan fingerprint density at radius 2 is 2.29 bits per heavy atom. The van der Waals surface area contributed by atoms with Gasteiger partial charge in [-0.2, -0.15) is 0 Å². The van der Waals surface area contributed by atoms with Gasteiger partial charge in [-0.05, 0) is 38.4 Å². The molecule has 132 valence electrons. The lowest BCUT2D eigenvalue weighted by Crippen LogP contribution is -2.52. The number of aryl methyl sites for hydroxylation is 1. The summed E-state index contributed by atoms with van der Waals surface area (Å²) in [6.45, 7) is 3.64. The summed E-state index contributed by atoms with van der Waals surface area (Å²) in [5.41, 5.74) is 0.519. The molecule has 0 bridgehead atoms. The molecule has 0 aliphatic carbocycles. The van der Waals surface area contributed by atoms with Crippen LogP contribution in [0.2, 0.25) is 0 Å². The van der Waals surface area contributed by atoms with Crippen LogP contribution < -0.4 is 10.0 Å². The maximum atomic E-state index is 12.6. The molecule has 0 spiro atoms. The number of methoxy groups -OCH3 is 1. The van der Waals surface area contributed by atoms with Gasteiger partial charge in [-0.3, -0.25) is 0 Å². The topological polar surface area (TPSA) is 80.3 Å². The monoisotopic (exact) mass is 387 g/mol. The molecule has 2 aromatic heterocycles. The van der Waals surface area contributed by atoms with Crippen molar-refractivity contribution in [1.82, 2.24) is 15.0 Å². The van der Waals surface area contributed by atoms with Gasteiger partial charge in [-0.15, -0.1) is 22.7 Å². The SMILES string of the molecule is COCC1(CNS(=O)(=O)c2ccc(-c3csc(C)n3)s2)CCCN1. The van der Waals surface area contributed by atoms with Crippen molar-refractivity contribution in [3.05, 3.63) is 22.5 Å². The predicted octanol–water partition coefficient (Wildman–Crippen LogP) is 2.23.